The molecule has 0 fully saturated rings. The van der Waals surface area contributed by atoms with Crippen molar-refractivity contribution in [2.45, 2.75) is 13.3 Å². The molecule has 2 N–H and O–H groups in total. The molecule has 0 saturated carbocycles. The second-order valence-electron chi connectivity index (χ2n) is 4.60. The molecule has 0 aliphatic heterocycles. The summed E-state index contributed by atoms with van der Waals surface area (Å²) >= 11 is 16.6. The van der Waals surface area contributed by atoms with Crippen LogP contribution in [0.1, 0.15) is 34.1 Å². The molecule has 1 atom stereocenters. The van der Waals surface area contributed by atoms with E-state index in [0.29, 0.717) is 7.14 Å². The van der Waals surface area contributed by atoms with Crippen LogP contribution in [0, 0.1) is 16.6 Å². The standard InChI is InChI=1S/C13H8Cl2I3NO5/c1-3(2-4(20)21)13(24)19-10-8(17)5(11(14)22)7(16)6(9(10)18)12(15)23/h3H,2H2,1H3,(H,19,24)(H,20,21)/t3-/m0/s1. The summed E-state index contributed by atoms with van der Waals surface area (Å²) in [5.74, 6) is -2.48. The van der Waals surface area contributed by atoms with Gasteiger partial charge in [-0.3, -0.25) is 19.2 Å². The van der Waals surface area contributed by atoms with Gasteiger partial charge in [0.2, 0.25) is 5.91 Å². The number of aliphatic carboxylic acids is 1. The molecule has 1 rings (SSSR count). The first-order chi connectivity index (χ1) is 11.0. The fourth-order valence-electron chi connectivity index (χ4n) is 1.72. The Hall–Kier alpha value is 0.270. The van der Waals surface area contributed by atoms with E-state index in [1.807, 2.05) is 45.2 Å². The molecular formula is C13H8Cl2I3NO5. The average Bonchev–Trinajstić information content (AvgIpc) is 2.41. The van der Waals surface area contributed by atoms with Gasteiger partial charge in [0, 0.05) is 9.49 Å². The summed E-state index contributed by atoms with van der Waals surface area (Å²) < 4.78 is 0.982. The van der Waals surface area contributed by atoms with Crippen molar-refractivity contribution in [1.29, 1.82) is 0 Å². The zero-order valence-corrected chi connectivity index (χ0v) is 19.7. The van der Waals surface area contributed by atoms with Crippen molar-refractivity contribution in [1.82, 2.24) is 0 Å². The lowest BCUT2D eigenvalue weighted by molar-refractivity contribution is -0.139. The van der Waals surface area contributed by atoms with Crippen LogP contribution in [0.25, 0.3) is 0 Å². The van der Waals surface area contributed by atoms with Crippen LogP contribution >= 0.6 is 91.0 Å². The van der Waals surface area contributed by atoms with Crippen molar-refractivity contribution < 1.29 is 24.3 Å². The van der Waals surface area contributed by atoms with Crippen LogP contribution in [0.15, 0.2) is 0 Å². The first-order valence-electron chi connectivity index (χ1n) is 6.11. The van der Waals surface area contributed by atoms with Crippen LogP contribution in [0.4, 0.5) is 5.69 Å². The lowest BCUT2D eigenvalue weighted by Gasteiger charge is -2.18. The molecule has 0 aliphatic rings. The highest BCUT2D eigenvalue weighted by atomic mass is 127. The van der Waals surface area contributed by atoms with Crippen LogP contribution in [0.5, 0.6) is 0 Å². The zero-order chi connectivity index (χ0) is 18.8. The van der Waals surface area contributed by atoms with E-state index in [1.54, 1.807) is 22.6 Å². The number of carboxylic acid groups (broad SMARTS) is 1. The molecule has 0 aromatic heterocycles. The second-order valence-corrected chi connectivity index (χ2v) is 8.53. The summed E-state index contributed by atoms with van der Waals surface area (Å²) in [4.78, 5) is 46.3. The van der Waals surface area contributed by atoms with Crippen molar-refractivity contribution in [2.75, 3.05) is 5.32 Å². The summed E-state index contributed by atoms with van der Waals surface area (Å²) in [5, 5.41) is 9.73. The monoisotopic (exact) mass is 709 g/mol. The fraction of sp³-hybridized carbons (Fsp3) is 0.231. The van der Waals surface area contributed by atoms with Gasteiger partial charge >= 0.3 is 5.97 Å². The fourth-order valence-corrected chi connectivity index (χ4v) is 7.15. The molecule has 1 aromatic carbocycles. The van der Waals surface area contributed by atoms with E-state index in [0.717, 1.165) is 0 Å². The number of carbonyl (C=O) groups excluding carboxylic acids is 3. The number of carboxylic acids is 1. The Kier molecular flexibility index (Phi) is 8.62. The minimum Gasteiger partial charge on any atom is -0.481 e. The molecule has 1 aromatic rings. The predicted molar refractivity (Wildman–Crippen MR) is 115 cm³/mol. The van der Waals surface area contributed by atoms with Crippen LogP contribution in [0.3, 0.4) is 0 Å². The van der Waals surface area contributed by atoms with Gasteiger partial charge in [-0.25, -0.2) is 0 Å². The summed E-state index contributed by atoms with van der Waals surface area (Å²) in [7, 11) is 0. The number of hydrogen-bond donors (Lipinski definition) is 2. The van der Waals surface area contributed by atoms with Gasteiger partial charge in [0.1, 0.15) is 0 Å². The first-order valence-corrected chi connectivity index (χ1v) is 10.1. The Bertz CT molecular complexity index is 713. The number of carbonyl (C=O) groups is 4. The van der Waals surface area contributed by atoms with Gasteiger partial charge in [-0.2, -0.15) is 0 Å². The van der Waals surface area contributed by atoms with Gasteiger partial charge < -0.3 is 10.4 Å². The Labute approximate surface area is 187 Å². The summed E-state index contributed by atoms with van der Waals surface area (Å²) in [6.45, 7) is 1.46. The Morgan fingerprint density at radius 3 is 1.75 bits per heavy atom. The Morgan fingerprint density at radius 1 is 1.00 bits per heavy atom. The van der Waals surface area contributed by atoms with Gasteiger partial charge in [0.25, 0.3) is 10.5 Å². The number of anilines is 1. The zero-order valence-electron chi connectivity index (χ0n) is 11.8. The average molecular weight is 710 g/mol. The molecule has 0 radical (unpaired) electrons. The SMILES string of the molecule is C[C@@H](CC(=O)O)C(=O)Nc1c(I)c(C(=O)Cl)c(I)c(C(=O)Cl)c1I. The molecule has 0 aliphatic carbocycles. The van der Waals surface area contributed by atoms with E-state index in [4.69, 9.17) is 28.3 Å². The van der Waals surface area contributed by atoms with E-state index in [9.17, 15) is 19.2 Å². The van der Waals surface area contributed by atoms with Crippen molar-refractivity contribution >= 4 is 119 Å². The molecule has 11 heteroatoms. The van der Waals surface area contributed by atoms with Gasteiger partial charge in [-0.05, 0) is 91.0 Å². The minimum atomic E-state index is -1.11. The second kappa shape index (κ2) is 9.28. The molecule has 0 spiro atoms. The van der Waals surface area contributed by atoms with E-state index < -0.39 is 28.3 Å². The lowest BCUT2D eigenvalue weighted by Crippen LogP contribution is -2.25. The number of amides is 1. The van der Waals surface area contributed by atoms with Gasteiger partial charge in [0.15, 0.2) is 0 Å². The molecule has 6 nitrogen and oxygen atoms in total. The number of halogens is 5. The quantitative estimate of drug-likeness (QED) is 0.339. The number of nitrogens with one attached hydrogen (secondary N) is 1. The van der Waals surface area contributed by atoms with Crippen LogP contribution in [0.2, 0.25) is 0 Å². The summed E-state index contributed by atoms with van der Waals surface area (Å²) in [5.41, 5.74) is 0.318. The third-order valence-electron chi connectivity index (χ3n) is 2.89. The van der Waals surface area contributed by atoms with E-state index >= 15 is 0 Å². The Balaban J connectivity index is 3.48. The molecule has 0 saturated heterocycles. The largest absolute Gasteiger partial charge is 0.481 e. The Morgan fingerprint density at radius 2 is 1.42 bits per heavy atom. The summed E-state index contributed by atoms with van der Waals surface area (Å²) in [6.07, 6.45) is -0.355. The topological polar surface area (TPSA) is 101 Å². The van der Waals surface area contributed by atoms with E-state index in [1.165, 1.54) is 6.92 Å². The van der Waals surface area contributed by atoms with Gasteiger partial charge in [0.05, 0.1) is 30.4 Å². The highest BCUT2D eigenvalue weighted by Crippen LogP contribution is 2.37. The van der Waals surface area contributed by atoms with Crippen molar-refractivity contribution in [2.24, 2.45) is 5.92 Å². The maximum atomic E-state index is 12.2. The normalized spacial score (nSPS) is 11.8. The number of benzene rings is 1. The maximum absolute atomic E-state index is 12.2. The first kappa shape index (κ1) is 22.3. The highest BCUT2D eigenvalue weighted by Gasteiger charge is 2.28. The summed E-state index contributed by atoms with van der Waals surface area (Å²) in [6, 6.07) is 0. The predicted octanol–water partition coefficient (Wildman–Crippen LogP) is 4.31. The smallest absolute Gasteiger partial charge is 0.304 e. The van der Waals surface area contributed by atoms with E-state index in [2.05, 4.69) is 5.32 Å². The molecule has 130 valence electrons. The van der Waals surface area contributed by atoms with Crippen LogP contribution in [-0.2, 0) is 9.59 Å². The molecule has 24 heavy (non-hydrogen) atoms. The number of hydrogen-bond acceptors (Lipinski definition) is 4. The molecule has 0 heterocycles. The molecule has 0 unspecified atom stereocenters. The number of rotatable bonds is 6. The third-order valence-corrected chi connectivity index (χ3v) is 6.50. The van der Waals surface area contributed by atoms with Crippen LogP contribution < -0.4 is 5.32 Å². The molecule has 0 bridgehead atoms. The van der Waals surface area contributed by atoms with Crippen molar-refractivity contribution in [3.63, 3.8) is 0 Å². The van der Waals surface area contributed by atoms with Gasteiger partial charge in [-0.1, -0.05) is 6.92 Å². The molecular weight excluding hydrogens is 702 g/mol. The van der Waals surface area contributed by atoms with Crippen LogP contribution in [-0.4, -0.2) is 27.5 Å². The lowest BCUT2D eigenvalue weighted by atomic mass is 10.1. The van der Waals surface area contributed by atoms with Gasteiger partial charge in [-0.15, -0.1) is 0 Å². The molecule has 1 amide bonds. The third kappa shape index (κ3) is 5.14. The van der Waals surface area contributed by atoms with Crippen molar-refractivity contribution in [3.05, 3.63) is 21.8 Å². The highest BCUT2D eigenvalue weighted by molar-refractivity contribution is 14.1. The minimum absolute atomic E-state index is 0.0588. The maximum Gasteiger partial charge on any atom is 0.304 e. The van der Waals surface area contributed by atoms with Crippen molar-refractivity contribution in [3.8, 4) is 0 Å². The van der Waals surface area contributed by atoms with E-state index in [-0.39, 0.29) is 26.8 Å².